The fourth-order valence-electron chi connectivity index (χ4n) is 1.78. The second-order valence-electron chi connectivity index (χ2n) is 4.81. The van der Waals surface area contributed by atoms with Crippen molar-refractivity contribution in [1.82, 2.24) is 0 Å². The Morgan fingerprint density at radius 1 is 1.32 bits per heavy atom. The van der Waals surface area contributed by atoms with E-state index in [1.165, 1.54) is 25.3 Å². The first-order valence-electron chi connectivity index (χ1n) is 7.03. The lowest BCUT2D eigenvalue weighted by Gasteiger charge is -2.07. The smallest absolute Gasteiger partial charge is 0.330 e. The molecule has 0 radical (unpaired) electrons. The molecule has 0 aliphatic rings. The third kappa shape index (κ3) is 5.81. The van der Waals surface area contributed by atoms with Crippen LogP contribution in [-0.4, -0.2) is 28.9 Å². The van der Waals surface area contributed by atoms with Gasteiger partial charge in [0.05, 0.1) is 21.2 Å². The van der Waals surface area contributed by atoms with Gasteiger partial charge in [-0.25, -0.2) is 9.00 Å². The van der Waals surface area contributed by atoms with Crippen LogP contribution >= 0.6 is 0 Å². The van der Waals surface area contributed by atoms with E-state index in [4.69, 9.17) is 4.74 Å². The van der Waals surface area contributed by atoms with Crippen molar-refractivity contribution in [2.75, 3.05) is 12.9 Å². The number of amides is 1. The van der Waals surface area contributed by atoms with Gasteiger partial charge in [0.25, 0.3) is 5.91 Å². The molecule has 5 nitrogen and oxygen atoms in total. The maximum Gasteiger partial charge on any atom is 0.330 e. The molecule has 1 aromatic carbocycles. The zero-order valence-electron chi connectivity index (χ0n) is 13.1. The maximum atomic E-state index is 12.5. The summed E-state index contributed by atoms with van der Waals surface area (Å²) in [5, 5.41) is 0. The topological polar surface area (TPSA) is 72.8 Å². The second-order valence-corrected chi connectivity index (χ2v) is 7.03. The number of nitrogens with zero attached hydrogens (tertiary/aromatic N) is 1. The summed E-state index contributed by atoms with van der Waals surface area (Å²) >= 11 is 0. The van der Waals surface area contributed by atoms with Crippen molar-refractivity contribution in [3.05, 3.63) is 35.9 Å². The van der Waals surface area contributed by atoms with Crippen LogP contribution in [0.4, 0.5) is 0 Å². The van der Waals surface area contributed by atoms with Gasteiger partial charge in [-0.2, -0.15) is 4.36 Å². The third-order valence-electron chi connectivity index (χ3n) is 2.77. The minimum absolute atomic E-state index is 0.380. The average molecular weight is 323 g/mol. The quantitative estimate of drug-likeness (QED) is 0.458. The lowest BCUT2D eigenvalue weighted by Crippen LogP contribution is -2.04. The number of ether oxygens (including phenoxy) is 1. The summed E-state index contributed by atoms with van der Waals surface area (Å²) in [4.78, 5) is 23.1. The number of hydrogen-bond acceptors (Lipinski definition) is 4. The molecule has 0 aliphatic carbocycles. The van der Waals surface area contributed by atoms with Gasteiger partial charge in [0, 0.05) is 19.3 Å². The highest BCUT2D eigenvalue weighted by Crippen LogP contribution is 2.19. The van der Waals surface area contributed by atoms with Crippen LogP contribution in [0.15, 0.2) is 39.6 Å². The highest BCUT2D eigenvalue weighted by Gasteiger charge is 2.11. The van der Waals surface area contributed by atoms with Gasteiger partial charge in [-0.1, -0.05) is 31.5 Å². The van der Waals surface area contributed by atoms with Crippen LogP contribution in [0.2, 0.25) is 0 Å². The zero-order chi connectivity index (χ0) is 16.6. The van der Waals surface area contributed by atoms with Crippen molar-refractivity contribution in [2.24, 2.45) is 4.36 Å². The highest BCUT2D eigenvalue weighted by molar-refractivity contribution is 7.93. The number of unbranched alkanes of at least 4 members (excludes halogenated alkanes) is 1. The Morgan fingerprint density at radius 2 is 2.00 bits per heavy atom. The predicted molar refractivity (Wildman–Crippen MR) is 86.8 cm³/mol. The number of benzene rings is 1. The van der Waals surface area contributed by atoms with E-state index < -0.39 is 21.6 Å². The molecule has 0 spiro atoms. The van der Waals surface area contributed by atoms with Crippen molar-refractivity contribution in [3.8, 4) is 0 Å². The van der Waals surface area contributed by atoms with E-state index in [2.05, 4.69) is 4.36 Å². The molecular formula is C16H21NO4S. The molecule has 1 unspecified atom stereocenters. The molecule has 0 aliphatic heterocycles. The second kappa shape index (κ2) is 8.48. The average Bonchev–Trinajstić information content (AvgIpc) is 2.44. The van der Waals surface area contributed by atoms with Crippen molar-refractivity contribution < 1.29 is 18.5 Å². The molecule has 0 aromatic heterocycles. The van der Waals surface area contributed by atoms with Crippen molar-refractivity contribution >= 4 is 27.7 Å². The lowest BCUT2D eigenvalue weighted by molar-refractivity contribution is -0.137. The molecule has 1 atom stereocenters. The Bertz CT molecular complexity index is 685. The number of carbonyl (C=O) groups excluding carboxylic acids is 2. The molecule has 0 bridgehead atoms. The van der Waals surface area contributed by atoms with E-state index in [0.29, 0.717) is 17.1 Å². The molecule has 1 amide bonds. The molecule has 22 heavy (non-hydrogen) atoms. The first kappa shape index (κ1) is 18.1. The highest BCUT2D eigenvalue weighted by atomic mass is 32.2. The lowest BCUT2D eigenvalue weighted by atomic mass is 10.2. The summed E-state index contributed by atoms with van der Waals surface area (Å²) in [5.74, 6) is -0.945. The molecule has 0 saturated carbocycles. The summed E-state index contributed by atoms with van der Waals surface area (Å²) in [5.41, 5.74) is 0.576. The molecule has 1 aromatic rings. The Hall–Kier alpha value is -1.95. The van der Waals surface area contributed by atoms with Gasteiger partial charge < -0.3 is 4.74 Å². The fourth-order valence-corrected chi connectivity index (χ4v) is 3.27. The maximum absolute atomic E-state index is 12.5. The van der Waals surface area contributed by atoms with E-state index in [-0.39, 0.29) is 0 Å². The van der Waals surface area contributed by atoms with Crippen LogP contribution in [0.1, 0.15) is 32.3 Å². The van der Waals surface area contributed by atoms with Crippen LogP contribution in [0.5, 0.6) is 0 Å². The van der Waals surface area contributed by atoms with Crippen LogP contribution in [0.25, 0.3) is 6.08 Å². The van der Waals surface area contributed by atoms with Crippen LogP contribution in [0, 0.1) is 0 Å². The molecule has 0 saturated heterocycles. The normalized spacial score (nSPS) is 13.6. The fraction of sp³-hybridized carbons (Fsp3) is 0.375. The van der Waals surface area contributed by atoms with E-state index in [9.17, 15) is 13.8 Å². The Kier molecular flexibility index (Phi) is 6.98. The standard InChI is InChI=1S/C16H21NO4S/c1-4-5-12-21-16(19)11-10-14-8-6-7-9-15(14)22(3,20)17-13(2)18/h6-11H,4-5,12H2,1-3H3/b11-10+. The Labute approximate surface area is 131 Å². The minimum atomic E-state index is -2.84. The van der Waals surface area contributed by atoms with E-state index in [1.54, 1.807) is 24.3 Å². The minimum Gasteiger partial charge on any atom is -0.463 e. The van der Waals surface area contributed by atoms with Crippen molar-refractivity contribution in [2.45, 2.75) is 31.6 Å². The predicted octanol–water partition coefficient (Wildman–Crippen LogP) is 3.05. The molecule has 0 heterocycles. The van der Waals surface area contributed by atoms with Gasteiger partial charge in [0.1, 0.15) is 0 Å². The van der Waals surface area contributed by atoms with Gasteiger partial charge in [-0.15, -0.1) is 0 Å². The molecule has 0 fully saturated rings. The van der Waals surface area contributed by atoms with Crippen LogP contribution in [0.3, 0.4) is 0 Å². The molecule has 6 heteroatoms. The van der Waals surface area contributed by atoms with Gasteiger partial charge in [0.15, 0.2) is 0 Å². The first-order chi connectivity index (χ1) is 10.4. The number of rotatable bonds is 6. The van der Waals surface area contributed by atoms with Crippen LogP contribution < -0.4 is 0 Å². The van der Waals surface area contributed by atoms with E-state index >= 15 is 0 Å². The Balaban J connectivity index is 3.01. The summed E-state index contributed by atoms with van der Waals surface area (Å²) in [6.07, 6.45) is 5.99. The molecule has 0 N–H and O–H groups in total. The summed E-state index contributed by atoms with van der Waals surface area (Å²) in [6.45, 7) is 3.65. The summed E-state index contributed by atoms with van der Waals surface area (Å²) < 4.78 is 21.2. The first-order valence-corrected chi connectivity index (χ1v) is 8.95. The summed E-state index contributed by atoms with van der Waals surface area (Å²) in [6, 6.07) is 6.82. The van der Waals surface area contributed by atoms with Crippen molar-refractivity contribution in [3.63, 3.8) is 0 Å². The van der Waals surface area contributed by atoms with Crippen LogP contribution in [-0.2, 0) is 24.1 Å². The summed E-state index contributed by atoms with van der Waals surface area (Å²) in [7, 11) is -2.84. The Morgan fingerprint density at radius 3 is 2.64 bits per heavy atom. The molecule has 1 rings (SSSR count). The molecular weight excluding hydrogens is 302 g/mol. The molecule has 120 valence electrons. The SMILES string of the molecule is CCCCOC(=O)/C=C/c1ccccc1S(C)(=O)=NC(C)=O. The largest absolute Gasteiger partial charge is 0.463 e. The van der Waals surface area contributed by atoms with E-state index in [1.807, 2.05) is 6.92 Å². The number of esters is 1. The van der Waals surface area contributed by atoms with Gasteiger partial charge in [0.2, 0.25) is 0 Å². The number of carbonyl (C=O) groups is 2. The van der Waals surface area contributed by atoms with Crippen molar-refractivity contribution in [1.29, 1.82) is 0 Å². The zero-order valence-corrected chi connectivity index (χ0v) is 13.9. The monoisotopic (exact) mass is 323 g/mol. The van der Waals surface area contributed by atoms with Gasteiger partial charge in [-0.3, -0.25) is 4.79 Å². The van der Waals surface area contributed by atoms with Gasteiger partial charge >= 0.3 is 5.97 Å². The van der Waals surface area contributed by atoms with Gasteiger partial charge in [-0.05, 0) is 24.1 Å². The van der Waals surface area contributed by atoms with E-state index in [0.717, 1.165) is 12.8 Å². The number of hydrogen-bond donors (Lipinski definition) is 0. The third-order valence-corrected chi connectivity index (χ3v) is 4.56.